The van der Waals surface area contributed by atoms with E-state index in [1.165, 1.54) is 18.2 Å². The van der Waals surface area contributed by atoms with Gasteiger partial charge in [0.1, 0.15) is 17.1 Å². The van der Waals surface area contributed by atoms with E-state index in [2.05, 4.69) is 0 Å². The molecular formula is C13H17NO4. The fraction of sp³-hybridized carbons (Fsp3) is 0.462. The lowest BCUT2D eigenvalue weighted by molar-refractivity contribution is 0.0559. The molecular weight excluding hydrogens is 234 g/mol. The normalized spacial score (nSPS) is 20.5. The number of aromatic hydroxyl groups is 2. The Labute approximate surface area is 106 Å². The molecule has 1 atom stereocenters. The van der Waals surface area contributed by atoms with Crippen molar-refractivity contribution in [1.82, 2.24) is 4.90 Å². The van der Waals surface area contributed by atoms with E-state index in [4.69, 9.17) is 4.74 Å². The van der Waals surface area contributed by atoms with E-state index in [1.54, 1.807) is 4.90 Å². The van der Waals surface area contributed by atoms with Gasteiger partial charge in [-0.2, -0.15) is 0 Å². The summed E-state index contributed by atoms with van der Waals surface area (Å²) in [6.45, 7) is 3.55. The van der Waals surface area contributed by atoms with Gasteiger partial charge >= 0.3 is 0 Å². The molecule has 5 heteroatoms. The van der Waals surface area contributed by atoms with Gasteiger partial charge < -0.3 is 19.8 Å². The highest BCUT2D eigenvalue weighted by atomic mass is 16.5. The fourth-order valence-corrected chi connectivity index (χ4v) is 2.08. The molecule has 1 amide bonds. The molecule has 5 nitrogen and oxygen atoms in total. The summed E-state index contributed by atoms with van der Waals surface area (Å²) in [4.78, 5) is 13.9. The average molecular weight is 251 g/mol. The van der Waals surface area contributed by atoms with Crippen molar-refractivity contribution in [2.24, 2.45) is 0 Å². The minimum absolute atomic E-state index is 0.0356. The van der Waals surface area contributed by atoms with E-state index in [0.717, 1.165) is 6.42 Å². The lowest BCUT2D eigenvalue weighted by atomic mass is 10.1. The Morgan fingerprint density at radius 2 is 2.06 bits per heavy atom. The smallest absolute Gasteiger partial charge is 0.261 e. The lowest BCUT2D eigenvalue weighted by Crippen LogP contribution is -2.36. The van der Waals surface area contributed by atoms with Crippen LogP contribution in [0.5, 0.6) is 11.5 Å². The van der Waals surface area contributed by atoms with E-state index in [-0.39, 0.29) is 29.1 Å². The van der Waals surface area contributed by atoms with Gasteiger partial charge in [-0.1, -0.05) is 6.07 Å². The first kappa shape index (κ1) is 12.7. The molecule has 0 aromatic heterocycles. The number of amides is 1. The second-order valence-corrected chi connectivity index (χ2v) is 4.46. The van der Waals surface area contributed by atoms with Gasteiger partial charge in [-0.3, -0.25) is 4.79 Å². The molecule has 0 saturated carbocycles. The van der Waals surface area contributed by atoms with Crippen LogP contribution in [0.1, 0.15) is 23.7 Å². The van der Waals surface area contributed by atoms with Crippen LogP contribution < -0.4 is 0 Å². The summed E-state index contributed by atoms with van der Waals surface area (Å²) in [6.07, 6.45) is 0.717. The molecule has 98 valence electrons. The number of nitrogens with zero attached hydrogens (tertiary/aromatic N) is 1. The van der Waals surface area contributed by atoms with Gasteiger partial charge in [-0.15, -0.1) is 0 Å². The second kappa shape index (κ2) is 5.27. The zero-order valence-corrected chi connectivity index (χ0v) is 10.3. The van der Waals surface area contributed by atoms with Gasteiger partial charge in [0.25, 0.3) is 5.91 Å². The number of hydrogen-bond acceptors (Lipinski definition) is 4. The number of rotatable bonds is 1. The fourth-order valence-electron chi connectivity index (χ4n) is 2.08. The van der Waals surface area contributed by atoms with Crippen molar-refractivity contribution in [3.8, 4) is 11.5 Å². The van der Waals surface area contributed by atoms with Crippen LogP contribution in [0.4, 0.5) is 0 Å². The van der Waals surface area contributed by atoms with E-state index in [0.29, 0.717) is 19.7 Å². The first-order valence-corrected chi connectivity index (χ1v) is 6.01. The van der Waals surface area contributed by atoms with Crippen LogP contribution in [-0.2, 0) is 4.74 Å². The minimum atomic E-state index is -0.358. The molecule has 1 saturated heterocycles. The van der Waals surface area contributed by atoms with Crippen molar-refractivity contribution in [2.45, 2.75) is 19.4 Å². The highest BCUT2D eigenvalue weighted by Crippen LogP contribution is 2.28. The van der Waals surface area contributed by atoms with Crippen LogP contribution in [-0.4, -0.2) is 46.8 Å². The first-order valence-electron chi connectivity index (χ1n) is 6.01. The molecule has 1 fully saturated rings. The van der Waals surface area contributed by atoms with Crippen LogP contribution >= 0.6 is 0 Å². The van der Waals surface area contributed by atoms with Crippen LogP contribution in [0.2, 0.25) is 0 Å². The van der Waals surface area contributed by atoms with Crippen LogP contribution in [0, 0.1) is 0 Å². The van der Waals surface area contributed by atoms with E-state index in [1.807, 2.05) is 6.92 Å². The summed E-state index contributed by atoms with van der Waals surface area (Å²) in [5.74, 6) is -0.751. The standard InChI is InChI=1S/C13H17NO4/c1-9-8-14(6-3-7-18-9)13(17)12-10(15)4-2-5-11(12)16/h2,4-5,9,15-16H,3,6-8H2,1H3. The summed E-state index contributed by atoms with van der Waals surface area (Å²) >= 11 is 0. The maximum absolute atomic E-state index is 12.3. The van der Waals surface area contributed by atoms with Crippen LogP contribution in [0.25, 0.3) is 0 Å². The summed E-state index contributed by atoms with van der Waals surface area (Å²) in [5, 5.41) is 19.4. The molecule has 0 spiro atoms. The molecule has 1 aromatic rings. The van der Waals surface area contributed by atoms with Gasteiger partial charge in [-0.05, 0) is 25.5 Å². The Bertz CT molecular complexity index is 426. The van der Waals surface area contributed by atoms with Crippen LogP contribution in [0.15, 0.2) is 18.2 Å². The zero-order valence-electron chi connectivity index (χ0n) is 10.3. The molecule has 0 radical (unpaired) electrons. The highest BCUT2D eigenvalue weighted by Gasteiger charge is 2.25. The number of phenols is 2. The molecule has 2 N–H and O–H groups in total. The molecule has 1 aromatic carbocycles. The highest BCUT2D eigenvalue weighted by molar-refractivity contribution is 5.99. The molecule has 0 aliphatic carbocycles. The minimum Gasteiger partial charge on any atom is -0.507 e. The summed E-state index contributed by atoms with van der Waals surface area (Å²) in [6, 6.07) is 4.28. The summed E-state index contributed by atoms with van der Waals surface area (Å²) in [7, 11) is 0. The van der Waals surface area contributed by atoms with Crippen LogP contribution in [0.3, 0.4) is 0 Å². The predicted molar refractivity (Wildman–Crippen MR) is 65.7 cm³/mol. The Morgan fingerprint density at radius 1 is 1.39 bits per heavy atom. The van der Waals surface area contributed by atoms with Crippen molar-refractivity contribution in [3.05, 3.63) is 23.8 Å². The number of hydrogen-bond donors (Lipinski definition) is 2. The molecule has 1 unspecified atom stereocenters. The quantitative estimate of drug-likeness (QED) is 0.790. The number of carbonyl (C=O) groups is 1. The van der Waals surface area contributed by atoms with Crippen molar-refractivity contribution in [1.29, 1.82) is 0 Å². The maximum atomic E-state index is 12.3. The Morgan fingerprint density at radius 3 is 2.72 bits per heavy atom. The molecule has 0 bridgehead atoms. The summed E-state index contributed by atoms with van der Waals surface area (Å²) < 4.78 is 5.46. The number of carbonyl (C=O) groups excluding carboxylic acids is 1. The first-order chi connectivity index (χ1) is 8.59. The Kier molecular flexibility index (Phi) is 3.72. The largest absolute Gasteiger partial charge is 0.507 e. The van der Waals surface area contributed by atoms with Gasteiger partial charge in [-0.25, -0.2) is 0 Å². The topological polar surface area (TPSA) is 70.0 Å². The predicted octanol–water partition coefficient (Wildman–Crippen LogP) is 1.35. The third-order valence-corrected chi connectivity index (χ3v) is 2.97. The lowest BCUT2D eigenvalue weighted by Gasteiger charge is -2.22. The third kappa shape index (κ3) is 2.56. The van der Waals surface area contributed by atoms with Crippen molar-refractivity contribution >= 4 is 5.91 Å². The molecule has 1 heterocycles. The van der Waals surface area contributed by atoms with E-state index in [9.17, 15) is 15.0 Å². The van der Waals surface area contributed by atoms with Crippen molar-refractivity contribution < 1.29 is 19.7 Å². The number of phenolic OH excluding ortho intramolecular Hbond substituents is 2. The van der Waals surface area contributed by atoms with Gasteiger partial charge in [0.15, 0.2) is 0 Å². The zero-order chi connectivity index (χ0) is 13.1. The molecule has 1 aliphatic rings. The van der Waals surface area contributed by atoms with E-state index >= 15 is 0 Å². The van der Waals surface area contributed by atoms with Gasteiger partial charge in [0, 0.05) is 19.7 Å². The summed E-state index contributed by atoms with van der Waals surface area (Å²) in [5.41, 5.74) is -0.0356. The third-order valence-electron chi connectivity index (χ3n) is 2.97. The number of ether oxygens (including phenoxy) is 1. The number of benzene rings is 1. The second-order valence-electron chi connectivity index (χ2n) is 4.46. The van der Waals surface area contributed by atoms with Gasteiger partial charge in [0.05, 0.1) is 6.10 Å². The van der Waals surface area contributed by atoms with Crippen molar-refractivity contribution in [2.75, 3.05) is 19.7 Å². The average Bonchev–Trinajstić information content (AvgIpc) is 2.53. The Hall–Kier alpha value is -1.75. The van der Waals surface area contributed by atoms with E-state index < -0.39 is 0 Å². The monoisotopic (exact) mass is 251 g/mol. The SMILES string of the molecule is CC1CN(C(=O)c2c(O)cccc2O)CCCO1. The Balaban J connectivity index is 2.24. The van der Waals surface area contributed by atoms with Gasteiger partial charge in [0.2, 0.25) is 0 Å². The molecule has 18 heavy (non-hydrogen) atoms. The maximum Gasteiger partial charge on any atom is 0.261 e. The molecule has 1 aliphatic heterocycles. The van der Waals surface area contributed by atoms with Crippen molar-refractivity contribution in [3.63, 3.8) is 0 Å². The molecule has 2 rings (SSSR count).